The Morgan fingerprint density at radius 3 is 1.92 bits per heavy atom. The van der Waals surface area contributed by atoms with Gasteiger partial charge in [-0.3, -0.25) is 14.5 Å². The number of aliphatic carboxylic acids is 1. The third kappa shape index (κ3) is 3.51. The molecule has 0 aliphatic carbocycles. The number of benzene rings is 1. The molecule has 1 rings (SSSR count). The van der Waals surface area contributed by atoms with Crippen molar-refractivity contribution in [2.45, 2.75) is 38.5 Å². The van der Waals surface area contributed by atoms with E-state index in [0.29, 0.717) is 6.92 Å². The van der Waals surface area contributed by atoms with E-state index in [0.717, 1.165) is 12.1 Å². The van der Waals surface area contributed by atoms with Gasteiger partial charge in [0.2, 0.25) is 5.91 Å². The van der Waals surface area contributed by atoms with Gasteiger partial charge in [0.1, 0.15) is 0 Å². The molecule has 0 saturated carbocycles. The van der Waals surface area contributed by atoms with Crippen molar-refractivity contribution in [3.05, 3.63) is 30.3 Å². The Morgan fingerprint density at radius 1 is 1.12 bits per heavy atom. The standard InChI is InChI=1S/C16H19F3N2O4/c1-9(2)12(20)13(23)21(11-7-5-4-6-8-11)15(10(3)22,14(24)25)16(17,18)19/h4-9,12H,20H2,1-3H3,(H,24,25). The Morgan fingerprint density at radius 2 is 1.60 bits per heavy atom. The predicted octanol–water partition coefficient (Wildman–Crippen LogP) is 1.98. The molecule has 9 heteroatoms. The second kappa shape index (κ2) is 7.22. The minimum absolute atomic E-state index is 0.0532. The quantitative estimate of drug-likeness (QED) is 0.756. The van der Waals surface area contributed by atoms with Crippen molar-refractivity contribution in [3.63, 3.8) is 0 Å². The number of nitrogens with zero attached hydrogens (tertiary/aromatic N) is 1. The van der Waals surface area contributed by atoms with Crippen molar-refractivity contribution in [1.29, 1.82) is 0 Å². The summed E-state index contributed by atoms with van der Waals surface area (Å²) in [6, 6.07) is 4.90. The maximum atomic E-state index is 13.8. The summed E-state index contributed by atoms with van der Waals surface area (Å²) < 4.78 is 41.4. The lowest BCUT2D eigenvalue weighted by Crippen LogP contribution is -2.72. The van der Waals surface area contributed by atoms with E-state index < -0.39 is 47.0 Å². The maximum absolute atomic E-state index is 13.8. The maximum Gasteiger partial charge on any atom is 0.430 e. The largest absolute Gasteiger partial charge is 0.479 e. The molecular formula is C16H19F3N2O4. The Bertz CT molecular complexity index is 645. The molecule has 6 nitrogen and oxygen atoms in total. The third-order valence-electron chi connectivity index (χ3n) is 3.80. The molecule has 2 atom stereocenters. The number of carboxylic acids is 1. The van der Waals surface area contributed by atoms with E-state index in [2.05, 4.69) is 0 Å². The monoisotopic (exact) mass is 360 g/mol. The Kier molecular flexibility index (Phi) is 5.96. The highest BCUT2D eigenvalue weighted by molar-refractivity contribution is 6.18. The summed E-state index contributed by atoms with van der Waals surface area (Å²) in [5.41, 5.74) is 1.21. The van der Waals surface area contributed by atoms with Gasteiger partial charge in [-0.05, 0) is 25.0 Å². The van der Waals surface area contributed by atoms with Gasteiger partial charge in [-0.1, -0.05) is 32.0 Å². The summed E-state index contributed by atoms with van der Waals surface area (Å²) in [6.07, 6.45) is -5.56. The number of hydrogen-bond acceptors (Lipinski definition) is 4. The lowest BCUT2D eigenvalue weighted by molar-refractivity contribution is -0.203. The van der Waals surface area contributed by atoms with E-state index in [1.807, 2.05) is 0 Å². The van der Waals surface area contributed by atoms with E-state index in [4.69, 9.17) is 5.73 Å². The van der Waals surface area contributed by atoms with Gasteiger partial charge in [-0.25, -0.2) is 4.79 Å². The lowest BCUT2D eigenvalue weighted by atomic mass is 9.88. The number of carboxylic acid groups (broad SMARTS) is 1. The minimum atomic E-state index is -5.56. The molecule has 0 aromatic heterocycles. The first-order chi connectivity index (χ1) is 11.4. The Labute approximate surface area is 142 Å². The molecule has 0 spiro atoms. The number of para-hydroxylation sites is 1. The number of nitrogens with two attached hydrogens (primary N) is 1. The van der Waals surface area contributed by atoms with Crippen molar-refractivity contribution >= 4 is 23.3 Å². The summed E-state index contributed by atoms with van der Waals surface area (Å²) in [7, 11) is 0. The van der Waals surface area contributed by atoms with Gasteiger partial charge in [0.05, 0.1) is 6.04 Å². The SMILES string of the molecule is CC(=O)C(C(=O)O)(N(C(=O)C(N)C(C)C)c1ccccc1)C(F)(F)F. The van der Waals surface area contributed by atoms with Crippen LogP contribution in [0.3, 0.4) is 0 Å². The van der Waals surface area contributed by atoms with E-state index >= 15 is 0 Å². The molecule has 0 fully saturated rings. The topological polar surface area (TPSA) is 101 Å². The van der Waals surface area contributed by atoms with E-state index in [1.165, 1.54) is 32.0 Å². The molecule has 0 aliphatic rings. The fourth-order valence-electron chi connectivity index (χ4n) is 2.35. The van der Waals surface area contributed by atoms with Crippen LogP contribution in [0.2, 0.25) is 0 Å². The smallest absolute Gasteiger partial charge is 0.430 e. The fraction of sp³-hybridized carbons (Fsp3) is 0.438. The second-order valence-corrected chi connectivity index (χ2v) is 5.85. The van der Waals surface area contributed by atoms with Crippen LogP contribution in [0.25, 0.3) is 0 Å². The van der Waals surface area contributed by atoms with E-state index in [9.17, 15) is 32.7 Å². The van der Waals surface area contributed by atoms with Gasteiger partial charge in [-0.2, -0.15) is 13.2 Å². The number of amides is 1. The van der Waals surface area contributed by atoms with Crippen molar-refractivity contribution in [2.75, 3.05) is 4.90 Å². The zero-order valence-corrected chi connectivity index (χ0v) is 13.9. The fourth-order valence-corrected chi connectivity index (χ4v) is 2.35. The molecule has 0 radical (unpaired) electrons. The third-order valence-corrected chi connectivity index (χ3v) is 3.80. The van der Waals surface area contributed by atoms with Crippen LogP contribution in [-0.2, 0) is 14.4 Å². The normalized spacial score (nSPS) is 15.4. The molecule has 1 amide bonds. The van der Waals surface area contributed by atoms with Gasteiger partial charge in [-0.15, -0.1) is 0 Å². The van der Waals surface area contributed by atoms with E-state index in [-0.39, 0.29) is 4.90 Å². The average molecular weight is 360 g/mol. The first kappa shape index (κ1) is 20.6. The number of hydrogen-bond donors (Lipinski definition) is 2. The summed E-state index contributed by atoms with van der Waals surface area (Å²) in [4.78, 5) is 36.2. The number of carbonyl (C=O) groups is 3. The number of anilines is 1. The summed E-state index contributed by atoms with van der Waals surface area (Å²) >= 11 is 0. The Balaban J connectivity index is 3.82. The zero-order valence-electron chi connectivity index (χ0n) is 13.9. The zero-order chi connectivity index (χ0) is 19.6. The number of halogens is 3. The molecule has 1 aromatic rings. The molecule has 0 saturated heterocycles. The summed E-state index contributed by atoms with van der Waals surface area (Å²) in [5.74, 6) is -6.14. The first-order valence-electron chi connectivity index (χ1n) is 7.34. The summed E-state index contributed by atoms with van der Waals surface area (Å²) in [6.45, 7) is 3.47. The van der Waals surface area contributed by atoms with Crippen LogP contribution in [-0.4, -0.2) is 40.5 Å². The van der Waals surface area contributed by atoms with Crippen LogP contribution < -0.4 is 10.6 Å². The number of rotatable bonds is 6. The highest BCUT2D eigenvalue weighted by Gasteiger charge is 2.70. The molecule has 2 unspecified atom stereocenters. The van der Waals surface area contributed by atoms with Gasteiger partial charge in [0.25, 0.3) is 5.54 Å². The molecule has 0 bridgehead atoms. The van der Waals surface area contributed by atoms with Crippen LogP contribution in [0.1, 0.15) is 20.8 Å². The lowest BCUT2D eigenvalue weighted by Gasteiger charge is -2.41. The highest BCUT2D eigenvalue weighted by atomic mass is 19.4. The van der Waals surface area contributed by atoms with Crippen molar-refractivity contribution in [1.82, 2.24) is 0 Å². The molecular weight excluding hydrogens is 341 g/mol. The van der Waals surface area contributed by atoms with E-state index in [1.54, 1.807) is 0 Å². The minimum Gasteiger partial charge on any atom is -0.479 e. The molecule has 3 N–H and O–H groups in total. The molecule has 138 valence electrons. The number of Topliss-reactive ketones (excluding diaryl/α,β-unsaturated/α-hetero) is 1. The van der Waals surface area contributed by atoms with Crippen LogP contribution in [0.15, 0.2) is 30.3 Å². The average Bonchev–Trinajstić information content (AvgIpc) is 2.49. The van der Waals surface area contributed by atoms with Crippen LogP contribution in [0.4, 0.5) is 18.9 Å². The summed E-state index contributed by atoms with van der Waals surface area (Å²) in [5, 5.41) is 9.36. The predicted molar refractivity (Wildman–Crippen MR) is 83.8 cm³/mol. The number of ketones is 1. The van der Waals surface area contributed by atoms with Crippen LogP contribution >= 0.6 is 0 Å². The Hall–Kier alpha value is -2.42. The first-order valence-corrected chi connectivity index (χ1v) is 7.34. The van der Waals surface area contributed by atoms with Crippen molar-refractivity contribution < 1.29 is 32.7 Å². The number of alkyl halides is 3. The molecule has 25 heavy (non-hydrogen) atoms. The van der Waals surface area contributed by atoms with Crippen LogP contribution in [0, 0.1) is 5.92 Å². The number of carbonyl (C=O) groups excluding carboxylic acids is 2. The van der Waals surface area contributed by atoms with Gasteiger partial charge in [0.15, 0.2) is 5.78 Å². The van der Waals surface area contributed by atoms with Crippen molar-refractivity contribution in [2.24, 2.45) is 11.7 Å². The molecule has 1 aromatic carbocycles. The highest BCUT2D eigenvalue weighted by Crippen LogP contribution is 2.40. The molecule has 0 aliphatic heterocycles. The van der Waals surface area contributed by atoms with Gasteiger partial charge >= 0.3 is 12.1 Å². The van der Waals surface area contributed by atoms with Gasteiger partial charge < -0.3 is 10.8 Å². The van der Waals surface area contributed by atoms with Gasteiger partial charge in [0, 0.05) is 5.69 Å². The molecule has 0 heterocycles. The van der Waals surface area contributed by atoms with Crippen molar-refractivity contribution in [3.8, 4) is 0 Å². The van der Waals surface area contributed by atoms with Crippen LogP contribution in [0.5, 0.6) is 0 Å². The second-order valence-electron chi connectivity index (χ2n) is 5.85.